The van der Waals surface area contributed by atoms with Gasteiger partial charge in [-0.3, -0.25) is 4.79 Å². The van der Waals surface area contributed by atoms with Crippen LogP contribution in [0.15, 0.2) is 30.5 Å². The predicted octanol–water partition coefficient (Wildman–Crippen LogP) is 2.67. The summed E-state index contributed by atoms with van der Waals surface area (Å²) in [7, 11) is 0. The Balaban J connectivity index is 2.14. The highest BCUT2D eigenvalue weighted by molar-refractivity contribution is 5.84. The topological polar surface area (TPSA) is 57.8 Å². The second-order valence-electron chi connectivity index (χ2n) is 5.43. The van der Waals surface area contributed by atoms with Crippen LogP contribution in [-0.2, 0) is 11.3 Å². The van der Waals surface area contributed by atoms with Crippen LogP contribution in [0.1, 0.15) is 26.3 Å². The van der Waals surface area contributed by atoms with Gasteiger partial charge in [-0.25, -0.2) is 0 Å². The minimum absolute atomic E-state index is 0.00746. The van der Waals surface area contributed by atoms with Crippen molar-refractivity contribution in [3.05, 3.63) is 36.0 Å². The number of hydrogen-bond acceptors (Lipinski definition) is 2. The third-order valence-electron chi connectivity index (χ3n) is 3.60. The molecule has 1 amide bonds. The van der Waals surface area contributed by atoms with Crippen LogP contribution in [0.25, 0.3) is 10.9 Å². The molecule has 2 rings (SSSR count). The molecule has 0 aliphatic rings. The Morgan fingerprint density at radius 1 is 1.35 bits per heavy atom. The molecule has 2 aromatic rings. The molecule has 1 N–H and O–H groups in total. The molecule has 0 saturated heterocycles. The van der Waals surface area contributed by atoms with Gasteiger partial charge in [-0.05, 0) is 37.1 Å². The van der Waals surface area contributed by atoms with Gasteiger partial charge in [-0.2, -0.15) is 5.26 Å². The van der Waals surface area contributed by atoms with Crippen molar-refractivity contribution in [2.75, 3.05) is 0 Å². The van der Waals surface area contributed by atoms with Crippen molar-refractivity contribution in [2.24, 2.45) is 5.92 Å². The van der Waals surface area contributed by atoms with Gasteiger partial charge in [-0.1, -0.05) is 13.8 Å². The Bertz CT molecular complexity index is 664. The van der Waals surface area contributed by atoms with E-state index in [1.807, 2.05) is 35.9 Å². The molecule has 0 bridgehead atoms. The fourth-order valence-corrected chi connectivity index (χ4v) is 2.03. The number of benzene rings is 1. The van der Waals surface area contributed by atoms with Crippen LogP contribution in [0.5, 0.6) is 0 Å². The van der Waals surface area contributed by atoms with Crippen molar-refractivity contribution in [3.63, 3.8) is 0 Å². The largest absolute Gasteiger partial charge is 0.352 e. The Kier molecular flexibility index (Phi) is 4.09. The van der Waals surface area contributed by atoms with Gasteiger partial charge in [0.15, 0.2) is 0 Å². The standard InChI is InChI=1S/C16H19N3O/c1-11(2)12(3)18-16(20)10-19-7-6-14-8-13(9-17)4-5-15(14)19/h4-8,11-12H,10H2,1-3H3,(H,18,20). The maximum atomic E-state index is 12.0. The lowest BCUT2D eigenvalue weighted by Crippen LogP contribution is -2.38. The molecule has 0 fully saturated rings. The number of amides is 1. The van der Waals surface area contributed by atoms with Crippen molar-refractivity contribution in [2.45, 2.75) is 33.4 Å². The van der Waals surface area contributed by atoms with E-state index >= 15 is 0 Å². The summed E-state index contributed by atoms with van der Waals surface area (Å²) in [4.78, 5) is 12.0. The molecular formula is C16H19N3O. The third kappa shape index (κ3) is 3.00. The molecule has 104 valence electrons. The normalized spacial score (nSPS) is 12.3. The fraction of sp³-hybridized carbons (Fsp3) is 0.375. The molecular weight excluding hydrogens is 250 g/mol. The molecule has 1 aromatic carbocycles. The molecule has 1 unspecified atom stereocenters. The van der Waals surface area contributed by atoms with Gasteiger partial charge in [-0.15, -0.1) is 0 Å². The van der Waals surface area contributed by atoms with Crippen LogP contribution < -0.4 is 5.32 Å². The van der Waals surface area contributed by atoms with Gasteiger partial charge in [0, 0.05) is 23.1 Å². The van der Waals surface area contributed by atoms with Crippen molar-refractivity contribution in [3.8, 4) is 6.07 Å². The van der Waals surface area contributed by atoms with Crippen molar-refractivity contribution < 1.29 is 4.79 Å². The first-order chi connectivity index (χ1) is 9.51. The minimum atomic E-state index is 0.00746. The number of hydrogen-bond donors (Lipinski definition) is 1. The Hall–Kier alpha value is -2.28. The van der Waals surface area contributed by atoms with Crippen LogP contribution in [0, 0.1) is 17.2 Å². The maximum absolute atomic E-state index is 12.0. The summed E-state index contributed by atoms with van der Waals surface area (Å²) in [6, 6.07) is 9.69. The Morgan fingerprint density at radius 2 is 2.10 bits per heavy atom. The molecule has 1 heterocycles. The lowest BCUT2D eigenvalue weighted by Gasteiger charge is -2.17. The number of rotatable bonds is 4. The first-order valence-corrected chi connectivity index (χ1v) is 6.79. The monoisotopic (exact) mass is 269 g/mol. The number of aromatic nitrogens is 1. The molecule has 4 nitrogen and oxygen atoms in total. The van der Waals surface area contributed by atoms with Crippen molar-refractivity contribution >= 4 is 16.8 Å². The summed E-state index contributed by atoms with van der Waals surface area (Å²) in [6.45, 7) is 6.47. The number of fused-ring (bicyclic) bond motifs is 1. The minimum Gasteiger partial charge on any atom is -0.352 e. The zero-order valence-electron chi connectivity index (χ0n) is 12.1. The zero-order chi connectivity index (χ0) is 14.7. The van der Waals surface area contributed by atoms with Gasteiger partial charge >= 0.3 is 0 Å². The highest BCUT2D eigenvalue weighted by Gasteiger charge is 2.12. The number of nitriles is 1. The maximum Gasteiger partial charge on any atom is 0.240 e. The summed E-state index contributed by atoms with van der Waals surface area (Å²) >= 11 is 0. The molecule has 20 heavy (non-hydrogen) atoms. The second-order valence-corrected chi connectivity index (χ2v) is 5.43. The van der Waals surface area contributed by atoms with Crippen molar-refractivity contribution in [1.82, 2.24) is 9.88 Å². The first-order valence-electron chi connectivity index (χ1n) is 6.79. The van der Waals surface area contributed by atoms with E-state index in [4.69, 9.17) is 5.26 Å². The van der Waals surface area contributed by atoms with E-state index in [0.717, 1.165) is 10.9 Å². The quantitative estimate of drug-likeness (QED) is 0.927. The van der Waals surface area contributed by atoms with E-state index in [9.17, 15) is 4.79 Å². The van der Waals surface area contributed by atoms with Crippen LogP contribution in [-0.4, -0.2) is 16.5 Å². The molecule has 4 heteroatoms. The third-order valence-corrected chi connectivity index (χ3v) is 3.60. The first kappa shape index (κ1) is 14.1. The van der Waals surface area contributed by atoms with E-state index < -0.39 is 0 Å². The van der Waals surface area contributed by atoms with Gasteiger partial charge in [0.1, 0.15) is 6.54 Å². The molecule has 1 atom stereocenters. The highest BCUT2D eigenvalue weighted by Crippen LogP contribution is 2.17. The lowest BCUT2D eigenvalue weighted by molar-refractivity contribution is -0.122. The predicted molar refractivity (Wildman–Crippen MR) is 79.1 cm³/mol. The van der Waals surface area contributed by atoms with Crippen LogP contribution in [0.3, 0.4) is 0 Å². The summed E-state index contributed by atoms with van der Waals surface area (Å²) in [5.74, 6) is 0.423. The number of carbonyl (C=O) groups is 1. The summed E-state index contributed by atoms with van der Waals surface area (Å²) in [6.07, 6.45) is 1.88. The smallest absolute Gasteiger partial charge is 0.240 e. The van der Waals surface area contributed by atoms with E-state index in [-0.39, 0.29) is 11.9 Å². The second kappa shape index (κ2) is 5.79. The zero-order valence-corrected chi connectivity index (χ0v) is 12.1. The summed E-state index contributed by atoms with van der Waals surface area (Å²) in [5.41, 5.74) is 1.60. The molecule has 0 saturated carbocycles. The fourth-order valence-electron chi connectivity index (χ4n) is 2.03. The molecule has 0 spiro atoms. The van der Waals surface area contributed by atoms with E-state index in [2.05, 4.69) is 25.2 Å². The molecule has 0 aliphatic carbocycles. The Labute approximate surface area is 119 Å². The van der Waals surface area contributed by atoms with Crippen LogP contribution in [0.2, 0.25) is 0 Å². The van der Waals surface area contributed by atoms with Gasteiger partial charge < -0.3 is 9.88 Å². The SMILES string of the molecule is CC(C)C(C)NC(=O)Cn1ccc2cc(C#N)ccc21. The molecule has 1 aromatic heterocycles. The average Bonchev–Trinajstić information content (AvgIpc) is 2.80. The average molecular weight is 269 g/mol. The number of nitrogens with zero attached hydrogens (tertiary/aromatic N) is 2. The molecule has 0 radical (unpaired) electrons. The number of nitrogens with one attached hydrogen (secondary N) is 1. The van der Waals surface area contributed by atoms with Crippen LogP contribution >= 0.6 is 0 Å². The van der Waals surface area contributed by atoms with E-state index in [1.165, 1.54) is 0 Å². The highest BCUT2D eigenvalue weighted by atomic mass is 16.2. The van der Waals surface area contributed by atoms with Crippen LogP contribution in [0.4, 0.5) is 0 Å². The van der Waals surface area contributed by atoms with Crippen molar-refractivity contribution in [1.29, 1.82) is 5.26 Å². The lowest BCUT2D eigenvalue weighted by atomic mass is 10.1. The summed E-state index contributed by atoms with van der Waals surface area (Å²) < 4.78 is 1.90. The van der Waals surface area contributed by atoms with Gasteiger partial charge in [0.25, 0.3) is 0 Å². The van der Waals surface area contributed by atoms with E-state index in [0.29, 0.717) is 18.0 Å². The number of carbonyl (C=O) groups excluding carboxylic acids is 1. The van der Waals surface area contributed by atoms with Gasteiger partial charge in [0.05, 0.1) is 11.6 Å². The van der Waals surface area contributed by atoms with E-state index in [1.54, 1.807) is 6.07 Å². The summed E-state index contributed by atoms with van der Waals surface area (Å²) in [5, 5.41) is 12.9. The Morgan fingerprint density at radius 3 is 2.75 bits per heavy atom. The van der Waals surface area contributed by atoms with Gasteiger partial charge in [0.2, 0.25) is 5.91 Å². The molecule has 0 aliphatic heterocycles.